The van der Waals surface area contributed by atoms with Crippen molar-refractivity contribution in [1.29, 1.82) is 0 Å². The summed E-state index contributed by atoms with van der Waals surface area (Å²) in [6, 6.07) is 0.0486. The lowest BCUT2D eigenvalue weighted by molar-refractivity contribution is 0.439. The van der Waals surface area contributed by atoms with E-state index in [9.17, 15) is 8.42 Å². The molecule has 100 valence electrons. The quantitative estimate of drug-likeness (QED) is 0.471. The van der Waals surface area contributed by atoms with E-state index in [2.05, 4.69) is 20.3 Å². The summed E-state index contributed by atoms with van der Waals surface area (Å²) in [5, 5.41) is 6.12. The molecule has 1 fully saturated rings. The van der Waals surface area contributed by atoms with E-state index >= 15 is 0 Å². The first-order chi connectivity index (χ1) is 7.96. The maximum atomic E-state index is 11.2. The predicted molar refractivity (Wildman–Crippen MR) is 69.5 cm³/mol. The third kappa shape index (κ3) is 4.91. The van der Waals surface area contributed by atoms with Crippen LogP contribution in [0.3, 0.4) is 0 Å². The van der Waals surface area contributed by atoms with Crippen LogP contribution in [0.2, 0.25) is 0 Å². The Kier molecular flexibility index (Phi) is 5.20. The Morgan fingerprint density at radius 2 is 2.12 bits per heavy atom. The molecule has 3 N–H and O–H groups in total. The number of rotatable bonds is 4. The SMILES string of the molecule is CN=C(NC)NCC1CCCC1NS(C)(=O)=O. The molecule has 2 atom stereocenters. The first-order valence-corrected chi connectivity index (χ1v) is 7.71. The van der Waals surface area contributed by atoms with E-state index in [0.29, 0.717) is 5.92 Å². The molecular weight excluding hydrogens is 240 g/mol. The minimum absolute atomic E-state index is 0.0486. The van der Waals surface area contributed by atoms with Crippen molar-refractivity contribution in [2.24, 2.45) is 10.9 Å². The Morgan fingerprint density at radius 3 is 2.65 bits per heavy atom. The molecule has 0 radical (unpaired) electrons. The molecule has 0 aromatic rings. The fourth-order valence-electron chi connectivity index (χ4n) is 2.22. The zero-order chi connectivity index (χ0) is 12.9. The first kappa shape index (κ1) is 14.2. The summed E-state index contributed by atoms with van der Waals surface area (Å²) >= 11 is 0. The molecule has 0 aliphatic heterocycles. The Hall–Kier alpha value is -0.820. The average Bonchev–Trinajstić information content (AvgIpc) is 2.65. The maximum Gasteiger partial charge on any atom is 0.208 e. The highest BCUT2D eigenvalue weighted by molar-refractivity contribution is 7.88. The van der Waals surface area contributed by atoms with Crippen LogP contribution in [0.25, 0.3) is 0 Å². The van der Waals surface area contributed by atoms with Gasteiger partial charge in [0, 0.05) is 26.7 Å². The second kappa shape index (κ2) is 6.20. The molecule has 0 aromatic carbocycles. The molecule has 17 heavy (non-hydrogen) atoms. The van der Waals surface area contributed by atoms with Crippen LogP contribution < -0.4 is 15.4 Å². The van der Waals surface area contributed by atoms with Crippen molar-refractivity contribution in [3.8, 4) is 0 Å². The van der Waals surface area contributed by atoms with Gasteiger partial charge in [-0.1, -0.05) is 6.42 Å². The molecular formula is C10H22N4O2S. The summed E-state index contributed by atoms with van der Waals surface area (Å²) in [6.07, 6.45) is 4.23. The molecule has 0 amide bonds. The fourth-order valence-corrected chi connectivity index (χ4v) is 3.08. The van der Waals surface area contributed by atoms with Crippen molar-refractivity contribution in [2.45, 2.75) is 25.3 Å². The normalized spacial score (nSPS) is 25.9. The van der Waals surface area contributed by atoms with Gasteiger partial charge in [-0.15, -0.1) is 0 Å². The smallest absolute Gasteiger partial charge is 0.208 e. The van der Waals surface area contributed by atoms with Crippen LogP contribution in [0.1, 0.15) is 19.3 Å². The first-order valence-electron chi connectivity index (χ1n) is 5.82. The van der Waals surface area contributed by atoms with Gasteiger partial charge in [-0.2, -0.15) is 0 Å². The van der Waals surface area contributed by atoms with E-state index in [1.165, 1.54) is 6.26 Å². The number of nitrogens with one attached hydrogen (secondary N) is 3. The van der Waals surface area contributed by atoms with E-state index < -0.39 is 10.0 Å². The van der Waals surface area contributed by atoms with Gasteiger partial charge in [0.2, 0.25) is 10.0 Å². The molecule has 6 nitrogen and oxygen atoms in total. The van der Waals surface area contributed by atoms with Crippen molar-refractivity contribution < 1.29 is 8.42 Å². The molecule has 0 saturated heterocycles. The molecule has 0 spiro atoms. The van der Waals surface area contributed by atoms with E-state index in [0.717, 1.165) is 31.8 Å². The van der Waals surface area contributed by atoms with Gasteiger partial charge in [-0.25, -0.2) is 13.1 Å². The van der Waals surface area contributed by atoms with Gasteiger partial charge in [-0.3, -0.25) is 4.99 Å². The lowest BCUT2D eigenvalue weighted by atomic mass is 10.1. The van der Waals surface area contributed by atoms with Gasteiger partial charge in [0.25, 0.3) is 0 Å². The minimum Gasteiger partial charge on any atom is -0.359 e. The third-order valence-electron chi connectivity index (χ3n) is 3.02. The molecule has 0 aromatic heterocycles. The second-order valence-corrected chi connectivity index (χ2v) is 6.17. The Morgan fingerprint density at radius 1 is 1.41 bits per heavy atom. The van der Waals surface area contributed by atoms with Crippen molar-refractivity contribution >= 4 is 16.0 Å². The van der Waals surface area contributed by atoms with Crippen LogP contribution in [0.4, 0.5) is 0 Å². The largest absolute Gasteiger partial charge is 0.359 e. The predicted octanol–water partition coefficient (Wildman–Crippen LogP) is -0.501. The standard InChI is InChI=1S/C10H22N4O2S/c1-11-10(12-2)13-7-8-5-4-6-9(8)14-17(3,15)16/h8-9,14H,4-7H2,1-3H3,(H2,11,12,13). The van der Waals surface area contributed by atoms with Gasteiger partial charge >= 0.3 is 0 Å². The summed E-state index contributed by atoms with van der Waals surface area (Å²) < 4.78 is 25.1. The van der Waals surface area contributed by atoms with Gasteiger partial charge in [0.15, 0.2) is 5.96 Å². The van der Waals surface area contributed by atoms with Crippen molar-refractivity contribution in [3.63, 3.8) is 0 Å². The van der Waals surface area contributed by atoms with Gasteiger partial charge in [0.05, 0.1) is 6.26 Å². The fraction of sp³-hybridized carbons (Fsp3) is 0.900. The van der Waals surface area contributed by atoms with Crippen LogP contribution in [0.15, 0.2) is 4.99 Å². The summed E-state index contributed by atoms with van der Waals surface area (Å²) in [7, 11) is 0.396. The Balaban J connectivity index is 2.47. The molecule has 0 heterocycles. The minimum atomic E-state index is -3.11. The molecule has 1 saturated carbocycles. The second-order valence-electron chi connectivity index (χ2n) is 4.39. The Labute approximate surface area is 103 Å². The lowest BCUT2D eigenvalue weighted by Crippen LogP contribution is -2.44. The van der Waals surface area contributed by atoms with Crippen LogP contribution in [-0.2, 0) is 10.0 Å². The lowest BCUT2D eigenvalue weighted by Gasteiger charge is -2.21. The van der Waals surface area contributed by atoms with E-state index in [1.54, 1.807) is 14.1 Å². The highest BCUT2D eigenvalue weighted by Crippen LogP contribution is 2.25. The van der Waals surface area contributed by atoms with Crippen molar-refractivity contribution in [1.82, 2.24) is 15.4 Å². The molecule has 2 unspecified atom stereocenters. The number of hydrogen-bond acceptors (Lipinski definition) is 3. The van der Waals surface area contributed by atoms with Crippen LogP contribution in [-0.4, -0.2) is 47.3 Å². The van der Waals surface area contributed by atoms with Crippen LogP contribution >= 0.6 is 0 Å². The molecule has 0 bridgehead atoms. The van der Waals surface area contributed by atoms with Gasteiger partial charge in [-0.05, 0) is 18.8 Å². The summed E-state index contributed by atoms with van der Waals surface area (Å²) in [6.45, 7) is 0.737. The molecule has 1 aliphatic rings. The van der Waals surface area contributed by atoms with E-state index in [-0.39, 0.29) is 6.04 Å². The average molecular weight is 262 g/mol. The number of sulfonamides is 1. The maximum absolute atomic E-state index is 11.2. The highest BCUT2D eigenvalue weighted by Gasteiger charge is 2.29. The van der Waals surface area contributed by atoms with Crippen molar-refractivity contribution in [2.75, 3.05) is 26.9 Å². The zero-order valence-corrected chi connectivity index (χ0v) is 11.5. The van der Waals surface area contributed by atoms with Crippen LogP contribution in [0.5, 0.6) is 0 Å². The van der Waals surface area contributed by atoms with E-state index in [1.807, 2.05) is 0 Å². The summed E-state index contributed by atoms with van der Waals surface area (Å²) in [4.78, 5) is 4.02. The molecule has 7 heteroatoms. The molecule has 1 aliphatic carbocycles. The number of aliphatic imine (C=N–C) groups is 1. The number of guanidine groups is 1. The van der Waals surface area contributed by atoms with Crippen molar-refractivity contribution in [3.05, 3.63) is 0 Å². The molecule has 1 rings (SSSR count). The van der Waals surface area contributed by atoms with Gasteiger partial charge in [0.1, 0.15) is 0 Å². The monoisotopic (exact) mass is 262 g/mol. The number of hydrogen-bond donors (Lipinski definition) is 3. The Bertz CT molecular complexity index is 367. The highest BCUT2D eigenvalue weighted by atomic mass is 32.2. The topological polar surface area (TPSA) is 82.6 Å². The van der Waals surface area contributed by atoms with Crippen LogP contribution in [0, 0.1) is 5.92 Å². The third-order valence-corrected chi connectivity index (χ3v) is 3.75. The summed E-state index contributed by atoms with van der Waals surface area (Å²) in [5.41, 5.74) is 0. The summed E-state index contributed by atoms with van der Waals surface area (Å²) in [5.74, 6) is 1.06. The number of nitrogens with zero attached hydrogens (tertiary/aromatic N) is 1. The van der Waals surface area contributed by atoms with Gasteiger partial charge < -0.3 is 10.6 Å². The van der Waals surface area contributed by atoms with E-state index in [4.69, 9.17) is 0 Å². The zero-order valence-electron chi connectivity index (χ0n) is 10.7.